The number of hydrogen-bond acceptors (Lipinski definition) is 4. The highest BCUT2D eigenvalue weighted by Crippen LogP contribution is 2.26. The summed E-state index contributed by atoms with van der Waals surface area (Å²) >= 11 is 3.50. The fourth-order valence-corrected chi connectivity index (χ4v) is 3.91. The van der Waals surface area contributed by atoms with Gasteiger partial charge in [-0.3, -0.25) is 14.9 Å². The number of nitrogens with one attached hydrogen (secondary N) is 1. The van der Waals surface area contributed by atoms with Crippen LogP contribution in [-0.4, -0.2) is 17.8 Å². The Balaban J connectivity index is 1.55. The van der Waals surface area contributed by atoms with Crippen LogP contribution in [0.1, 0.15) is 23.6 Å². The van der Waals surface area contributed by atoms with Crippen LogP contribution in [0.2, 0.25) is 0 Å². The number of halogens is 1. The second kappa shape index (κ2) is 9.83. The van der Waals surface area contributed by atoms with Crippen LogP contribution in [0.4, 0.5) is 10.5 Å². The maximum absolute atomic E-state index is 13.1. The van der Waals surface area contributed by atoms with E-state index in [1.54, 1.807) is 36.4 Å². The molecule has 1 fully saturated rings. The molecule has 0 spiro atoms. The topological polar surface area (TPSA) is 75.7 Å². The minimum atomic E-state index is -0.751. The smallest absolute Gasteiger partial charge is 0.335 e. The Bertz CT molecular complexity index is 1250. The first-order valence-corrected chi connectivity index (χ1v) is 11.2. The zero-order valence-corrected chi connectivity index (χ0v) is 19.5. The van der Waals surface area contributed by atoms with Crippen molar-refractivity contribution in [3.8, 4) is 5.75 Å². The molecule has 0 aliphatic carbocycles. The minimum Gasteiger partial charge on any atom is -0.489 e. The van der Waals surface area contributed by atoms with Gasteiger partial charge in [-0.15, -0.1) is 0 Å². The number of rotatable bonds is 6. The zero-order valence-electron chi connectivity index (χ0n) is 17.9. The van der Waals surface area contributed by atoms with Crippen LogP contribution in [-0.2, 0) is 22.6 Å². The predicted octanol–water partition coefficient (Wildman–Crippen LogP) is 5.26. The molecular weight excluding hydrogens is 484 g/mol. The highest BCUT2D eigenvalue weighted by Gasteiger charge is 2.37. The molecule has 0 atom stereocenters. The third-order valence-electron chi connectivity index (χ3n) is 5.26. The maximum atomic E-state index is 13.1. The van der Waals surface area contributed by atoms with Gasteiger partial charge < -0.3 is 4.74 Å². The first-order valence-electron chi connectivity index (χ1n) is 10.4. The van der Waals surface area contributed by atoms with E-state index in [9.17, 15) is 14.4 Å². The van der Waals surface area contributed by atoms with Crippen molar-refractivity contribution in [1.82, 2.24) is 5.32 Å². The number of anilines is 1. The van der Waals surface area contributed by atoms with Crippen LogP contribution in [0.5, 0.6) is 5.75 Å². The van der Waals surface area contributed by atoms with E-state index in [2.05, 4.69) is 21.2 Å². The lowest BCUT2D eigenvalue weighted by atomic mass is 10.0. The highest BCUT2D eigenvalue weighted by atomic mass is 79.9. The number of imide groups is 2. The Hall–Kier alpha value is -3.71. The Kier molecular flexibility index (Phi) is 6.70. The third kappa shape index (κ3) is 4.88. The summed E-state index contributed by atoms with van der Waals surface area (Å²) in [5.41, 5.74) is 2.85. The molecule has 0 aromatic heterocycles. The largest absolute Gasteiger partial charge is 0.489 e. The number of para-hydroxylation sites is 1. The van der Waals surface area contributed by atoms with Crippen LogP contribution < -0.4 is 15.0 Å². The molecule has 3 aromatic carbocycles. The van der Waals surface area contributed by atoms with Gasteiger partial charge in [0.15, 0.2) is 0 Å². The molecule has 4 amide bonds. The molecule has 0 bridgehead atoms. The lowest BCUT2D eigenvalue weighted by Gasteiger charge is -2.27. The fourth-order valence-electron chi connectivity index (χ4n) is 3.51. The Morgan fingerprint density at radius 2 is 1.58 bits per heavy atom. The SMILES string of the molecule is CCc1ccccc1N1C(=O)NC(=O)/C(=C/c2ccc(OCc3ccccc3Br)cc2)C1=O. The lowest BCUT2D eigenvalue weighted by molar-refractivity contribution is -0.122. The van der Waals surface area contributed by atoms with E-state index < -0.39 is 17.8 Å². The third-order valence-corrected chi connectivity index (χ3v) is 6.03. The number of nitrogens with zero attached hydrogens (tertiary/aromatic N) is 1. The number of hydrogen-bond donors (Lipinski definition) is 1. The molecule has 1 N–H and O–H groups in total. The number of urea groups is 1. The molecule has 0 unspecified atom stereocenters. The summed E-state index contributed by atoms with van der Waals surface area (Å²) < 4.78 is 6.79. The van der Waals surface area contributed by atoms with Gasteiger partial charge in [-0.05, 0) is 47.9 Å². The Morgan fingerprint density at radius 1 is 0.909 bits per heavy atom. The second-order valence-electron chi connectivity index (χ2n) is 7.39. The maximum Gasteiger partial charge on any atom is 0.335 e. The van der Waals surface area contributed by atoms with Gasteiger partial charge >= 0.3 is 6.03 Å². The molecule has 33 heavy (non-hydrogen) atoms. The van der Waals surface area contributed by atoms with Gasteiger partial charge in [0.05, 0.1) is 5.69 Å². The van der Waals surface area contributed by atoms with Crippen molar-refractivity contribution in [2.45, 2.75) is 20.0 Å². The number of amides is 4. The van der Waals surface area contributed by atoms with Gasteiger partial charge in [0.25, 0.3) is 11.8 Å². The number of aryl methyl sites for hydroxylation is 1. The number of carbonyl (C=O) groups excluding carboxylic acids is 3. The standard InChI is InChI=1S/C26H21BrN2O4/c1-2-18-7-4-6-10-23(18)29-25(31)21(24(30)28-26(29)32)15-17-11-13-20(14-12-17)33-16-19-8-3-5-9-22(19)27/h3-15H,2,16H2,1H3,(H,28,30,32)/b21-15-. The van der Waals surface area contributed by atoms with Crippen LogP contribution >= 0.6 is 15.9 Å². The van der Waals surface area contributed by atoms with Gasteiger partial charge in [0.1, 0.15) is 17.9 Å². The Labute approximate surface area is 200 Å². The van der Waals surface area contributed by atoms with Gasteiger partial charge in [-0.2, -0.15) is 0 Å². The monoisotopic (exact) mass is 504 g/mol. The van der Waals surface area contributed by atoms with Crippen molar-refractivity contribution < 1.29 is 19.1 Å². The van der Waals surface area contributed by atoms with E-state index in [1.807, 2.05) is 43.3 Å². The van der Waals surface area contributed by atoms with Crippen molar-refractivity contribution in [3.63, 3.8) is 0 Å². The molecule has 1 aliphatic heterocycles. The summed E-state index contributed by atoms with van der Waals surface area (Å²) in [6.07, 6.45) is 2.12. The van der Waals surface area contributed by atoms with Gasteiger partial charge in [-0.25, -0.2) is 9.69 Å². The van der Waals surface area contributed by atoms with Crippen LogP contribution in [0.3, 0.4) is 0 Å². The molecule has 4 rings (SSSR count). The molecule has 166 valence electrons. The van der Waals surface area contributed by atoms with Crippen molar-refractivity contribution >= 4 is 45.5 Å². The second-order valence-corrected chi connectivity index (χ2v) is 8.24. The number of benzene rings is 3. The predicted molar refractivity (Wildman–Crippen MR) is 130 cm³/mol. The molecule has 7 heteroatoms. The average molecular weight is 505 g/mol. The molecule has 1 saturated heterocycles. The molecular formula is C26H21BrN2O4. The molecule has 0 radical (unpaired) electrons. The zero-order chi connectivity index (χ0) is 23.4. The summed E-state index contributed by atoms with van der Waals surface area (Å²) in [5.74, 6) is -0.718. The van der Waals surface area contributed by atoms with Crippen molar-refractivity contribution in [2.75, 3.05) is 4.90 Å². The number of carbonyl (C=O) groups is 3. The van der Waals surface area contributed by atoms with Gasteiger partial charge in [-0.1, -0.05) is 71.4 Å². The summed E-state index contributed by atoms with van der Waals surface area (Å²) in [6.45, 7) is 2.34. The van der Waals surface area contributed by atoms with E-state index in [0.717, 1.165) is 20.5 Å². The summed E-state index contributed by atoms with van der Waals surface area (Å²) in [7, 11) is 0. The Morgan fingerprint density at radius 3 is 2.27 bits per heavy atom. The van der Waals surface area contributed by atoms with E-state index >= 15 is 0 Å². The van der Waals surface area contributed by atoms with Crippen molar-refractivity contribution in [1.29, 1.82) is 0 Å². The summed E-state index contributed by atoms with van der Waals surface area (Å²) in [4.78, 5) is 39.0. The van der Waals surface area contributed by atoms with Crippen molar-refractivity contribution in [2.24, 2.45) is 0 Å². The number of barbiturate groups is 1. The lowest BCUT2D eigenvalue weighted by Crippen LogP contribution is -2.54. The van der Waals surface area contributed by atoms with Crippen molar-refractivity contribution in [3.05, 3.63) is 99.5 Å². The van der Waals surface area contributed by atoms with E-state index in [1.165, 1.54) is 6.08 Å². The fraction of sp³-hybridized carbons (Fsp3) is 0.115. The van der Waals surface area contributed by atoms with Gasteiger partial charge in [0.2, 0.25) is 0 Å². The summed E-state index contributed by atoms with van der Waals surface area (Å²) in [6, 6.07) is 21.2. The van der Waals surface area contributed by atoms with Crippen LogP contribution in [0.15, 0.2) is 82.8 Å². The molecule has 6 nitrogen and oxygen atoms in total. The first-order chi connectivity index (χ1) is 16.0. The van der Waals surface area contributed by atoms with Gasteiger partial charge in [0, 0.05) is 10.0 Å². The van der Waals surface area contributed by atoms with Crippen LogP contribution in [0.25, 0.3) is 6.08 Å². The molecule has 3 aromatic rings. The molecule has 0 saturated carbocycles. The van der Waals surface area contributed by atoms with E-state index in [4.69, 9.17) is 4.74 Å². The quantitative estimate of drug-likeness (QED) is 0.367. The first kappa shape index (κ1) is 22.5. The minimum absolute atomic E-state index is 0.109. The van der Waals surface area contributed by atoms with Crippen LogP contribution in [0, 0.1) is 0 Å². The molecule has 1 heterocycles. The number of ether oxygens (including phenoxy) is 1. The highest BCUT2D eigenvalue weighted by molar-refractivity contribution is 9.10. The summed E-state index contributed by atoms with van der Waals surface area (Å²) in [5, 5.41) is 2.26. The molecule has 1 aliphatic rings. The van der Waals surface area contributed by atoms with E-state index in [-0.39, 0.29) is 5.57 Å². The average Bonchev–Trinajstić information content (AvgIpc) is 2.82. The van der Waals surface area contributed by atoms with E-state index in [0.29, 0.717) is 30.0 Å². The normalized spacial score (nSPS) is 15.0.